The van der Waals surface area contributed by atoms with Crippen molar-refractivity contribution in [1.29, 1.82) is 0 Å². The second-order valence-corrected chi connectivity index (χ2v) is 6.49. The summed E-state index contributed by atoms with van der Waals surface area (Å²) in [6, 6.07) is 15.0. The fraction of sp³-hybridized carbons (Fsp3) is 0.158. The van der Waals surface area contributed by atoms with E-state index in [4.69, 9.17) is 0 Å². The Labute approximate surface area is 154 Å². The van der Waals surface area contributed by atoms with E-state index in [1.54, 1.807) is 16.7 Å². The molecule has 0 saturated carbocycles. The molecule has 6 heteroatoms. The van der Waals surface area contributed by atoms with Gasteiger partial charge in [-0.2, -0.15) is 0 Å². The van der Waals surface area contributed by atoms with Crippen molar-refractivity contribution in [2.45, 2.75) is 13.3 Å². The quantitative estimate of drug-likeness (QED) is 0.661. The molecule has 0 aliphatic carbocycles. The number of hydrogen-bond donors (Lipinski definition) is 2. The van der Waals surface area contributed by atoms with E-state index in [-0.39, 0.29) is 11.8 Å². The molecule has 1 heterocycles. The van der Waals surface area contributed by atoms with Crippen molar-refractivity contribution >= 4 is 38.6 Å². The molecule has 0 aliphatic rings. The van der Waals surface area contributed by atoms with E-state index < -0.39 is 0 Å². The molecular weight excluding hydrogens is 382 g/mol. The number of amides is 2. The number of nitrogens with zero attached hydrogens (tertiary/aromatic N) is 1. The lowest BCUT2D eigenvalue weighted by Gasteiger charge is -2.09. The van der Waals surface area contributed by atoms with Crippen LogP contribution in [0.5, 0.6) is 0 Å². The van der Waals surface area contributed by atoms with Crippen LogP contribution in [0.15, 0.2) is 53.0 Å². The minimum atomic E-state index is -0.385. The molecule has 2 amide bonds. The zero-order chi connectivity index (χ0) is 18.0. The smallest absolute Gasteiger partial charge is 0.287 e. The molecular formula is C19H18BrN3O2. The number of nitrogens with one attached hydrogen (secondary N) is 2. The first-order chi connectivity index (χ1) is 12.0. The number of para-hydroxylation sites is 1. The molecule has 3 rings (SSSR count). The van der Waals surface area contributed by atoms with Gasteiger partial charge >= 0.3 is 0 Å². The zero-order valence-electron chi connectivity index (χ0n) is 14.0. The average Bonchev–Trinajstić information content (AvgIpc) is 2.90. The number of carbonyl (C=O) groups is 2. The van der Waals surface area contributed by atoms with Gasteiger partial charge in [-0.05, 0) is 46.1 Å². The highest BCUT2D eigenvalue weighted by atomic mass is 79.9. The molecule has 128 valence electrons. The summed E-state index contributed by atoms with van der Waals surface area (Å²) in [5.41, 5.74) is 7.97. The predicted molar refractivity (Wildman–Crippen MR) is 101 cm³/mol. The minimum absolute atomic E-state index is 0.356. The number of hydrazine groups is 1. The third-order valence-electron chi connectivity index (χ3n) is 4.17. The molecule has 0 spiro atoms. The van der Waals surface area contributed by atoms with Crippen molar-refractivity contribution in [3.05, 3.63) is 69.8 Å². The summed E-state index contributed by atoms with van der Waals surface area (Å²) in [7, 11) is 1.81. The van der Waals surface area contributed by atoms with E-state index in [2.05, 4.69) is 33.7 Å². The highest BCUT2D eigenvalue weighted by molar-refractivity contribution is 9.10. The molecule has 5 nitrogen and oxygen atoms in total. The van der Waals surface area contributed by atoms with Gasteiger partial charge in [0, 0.05) is 23.5 Å². The second-order valence-electron chi connectivity index (χ2n) is 5.70. The molecule has 2 N–H and O–H groups in total. The maximum Gasteiger partial charge on any atom is 0.287 e. The van der Waals surface area contributed by atoms with Crippen LogP contribution in [0.4, 0.5) is 0 Å². The number of carbonyl (C=O) groups excluding carboxylic acids is 2. The van der Waals surface area contributed by atoms with Gasteiger partial charge in [-0.1, -0.05) is 37.3 Å². The van der Waals surface area contributed by atoms with Crippen LogP contribution in [0.3, 0.4) is 0 Å². The van der Waals surface area contributed by atoms with Crippen LogP contribution in [0.1, 0.15) is 33.3 Å². The van der Waals surface area contributed by atoms with Gasteiger partial charge in [-0.3, -0.25) is 20.4 Å². The first kappa shape index (κ1) is 17.2. The number of hydrogen-bond acceptors (Lipinski definition) is 2. The van der Waals surface area contributed by atoms with E-state index in [9.17, 15) is 9.59 Å². The first-order valence-corrected chi connectivity index (χ1v) is 8.74. The molecule has 0 saturated heterocycles. The summed E-state index contributed by atoms with van der Waals surface area (Å²) < 4.78 is 2.49. The first-order valence-electron chi connectivity index (χ1n) is 7.95. The van der Waals surface area contributed by atoms with Crippen molar-refractivity contribution in [2.75, 3.05) is 0 Å². The van der Waals surface area contributed by atoms with Crippen LogP contribution in [-0.4, -0.2) is 16.4 Å². The van der Waals surface area contributed by atoms with Gasteiger partial charge in [-0.15, -0.1) is 0 Å². The van der Waals surface area contributed by atoms with Crippen molar-refractivity contribution in [3.8, 4) is 0 Å². The number of halogens is 1. The van der Waals surface area contributed by atoms with Crippen molar-refractivity contribution in [3.63, 3.8) is 0 Å². The van der Waals surface area contributed by atoms with Gasteiger partial charge in [0.25, 0.3) is 11.8 Å². The number of aromatic nitrogens is 1. The third-order valence-corrected chi connectivity index (χ3v) is 4.98. The number of rotatable bonds is 3. The number of benzene rings is 2. The Hall–Kier alpha value is -2.60. The predicted octanol–water partition coefficient (Wildman–Crippen LogP) is 3.58. The van der Waals surface area contributed by atoms with Crippen LogP contribution in [0.25, 0.3) is 10.9 Å². The second kappa shape index (κ2) is 7.11. The Morgan fingerprint density at radius 3 is 2.28 bits per heavy atom. The lowest BCUT2D eigenvalue weighted by atomic mass is 10.1. The Morgan fingerprint density at radius 1 is 1.00 bits per heavy atom. The molecule has 0 atom stereocenters. The fourth-order valence-corrected chi connectivity index (χ4v) is 3.52. The molecule has 2 aromatic carbocycles. The lowest BCUT2D eigenvalue weighted by Crippen LogP contribution is -2.42. The van der Waals surface area contributed by atoms with Gasteiger partial charge in [0.05, 0.1) is 4.47 Å². The van der Waals surface area contributed by atoms with Crippen molar-refractivity contribution in [1.82, 2.24) is 15.4 Å². The summed E-state index contributed by atoms with van der Waals surface area (Å²) >= 11 is 3.48. The molecule has 1 aromatic heterocycles. The fourth-order valence-electron chi connectivity index (χ4n) is 2.74. The SMILES string of the molecule is CCc1ccc(C(=O)NNC(=O)c2c(Br)c3ccccc3n2C)cc1. The van der Waals surface area contributed by atoms with Gasteiger partial charge in [0.2, 0.25) is 0 Å². The minimum Gasteiger partial charge on any atom is -0.339 e. The summed E-state index contributed by atoms with van der Waals surface area (Å²) in [6.45, 7) is 2.05. The largest absolute Gasteiger partial charge is 0.339 e. The summed E-state index contributed by atoms with van der Waals surface area (Å²) in [5.74, 6) is -0.741. The Kier molecular flexibility index (Phi) is 4.90. The van der Waals surface area contributed by atoms with Crippen molar-refractivity contribution < 1.29 is 9.59 Å². The third kappa shape index (κ3) is 3.30. The number of fused-ring (bicyclic) bond motifs is 1. The van der Waals surface area contributed by atoms with Crippen LogP contribution < -0.4 is 10.9 Å². The Bertz CT molecular complexity index is 906. The van der Waals surface area contributed by atoms with Crippen molar-refractivity contribution in [2.24, 2.45) is 7.05 Å². The topological polar surface area (TPSA) is 63.1 Å². The average molecular weight is 400 g/mol. The summed E-state index contributed by atoms with van der Waals surface area (Å²) in [4.78, 5) is 24.7. The van der Waals surface area contributed by atoms with Crippen LogP contribution in [0, 0.1) is 0 Å². The Morgan fingerprint density at radius 2 is 1.64 bits per heavy atom. The van der Waals surface area contributed by atoms with Crippen LogP contribution >= 0.6 is 15.9 Å². The van der Waals surface area contributed by atoms with Crippen LogP contribution in [-0.2, 0) is 13.5 Å². The standard InChI is InChI=1S/C19H18BrN3O2/c1-3-12-8-10-13(11-9-12)18(24)21-22-19(25)17-16(20)14-6-4-5-7-15(14)23(17)2/h4-11H,3H2,1-2H3,(H,21,24)(H,22,25). The molecule has 0 aliphatic heterocycles. The van der Waals surface area contributed by atoms with E-state index in [0.717, 1.165) is 22.9 Å². The molecule has 0 fully saturated rings. The molecule has 0 unspecified atom stereocenters. The molecule has 3 aromatic rings. The summed E-state index contributed by atoms with van der Waals surface area (Å²) in [6.07, 6.45) is 0.910. The highest BCUT2D eigenvalue weighted by Crippen LogP contribution is 2.29. The van der Waals surface area contributed by atoms with Crippen LogP contribution in [0.2, 0.25) is 0 Å². The van der Waals surface area contributed by atoms with Gasteiger partial charge in [0.15, 0.2) is 0 Å². The maximum absolute atomic E-state index is 12.5. The summed E-state index contributed by atoms with van der Waals surface area (Å²) in [5, 5.41) is 0.941. The molecule has 0 radical (unpaired) electrons. The van der Waals surface area contributed by atoms with E-state index >= 15 is 0 Å². The molecule has 0 bridgehead atoms. The van der Waals surface area contributed by atoms with Gasteiger partial charge < -0.3 is 4.57 Å². The zero-order valence-corrected chi connectivity index (χ0v) is 15.6. The van der Waals surface area contributed by atoms with E-state index in [0.29, 0.717) is 15.7 Å². The normalized spacial score (nSPS) is 10.7. The Balaban J connectivity index is 1.75. The number of aryl methyl sites for hydroxylation is 2. The molecule has 25 heavy (non-hydrogen) atoms. The van der Waals surface area contributed by atoms with Gasteiger partial charge in [-0.25, -0.2) is 0 Å². The van der Waals surface area contributed by atoms with E-state index in [1.807, 2.05) is 43.4 Å². The van der Waals surface area contributed by atoms with Gasteiger partial charge in [0.1, 0.15) is 5.69 Å². The maximum atomic E-state index is 12.5. The lowest BCUT2D eigenvalue weighted by molar-refractivity contribution is 0.0842. The van der Waals surface area contributed by atoms with E-state index in [1.165, 1.54) is 0 Å². The highest BCUT2D eigenvalue weighted by Gasteiger charge is 2.19. The monoisotopic (exact) mass is 399 g/mol.